The number of hydrogen-bond acceptors (Lipinski definition) is 1. The van der Waals surface area contributed by atoms with Crippen LogP contribution in [0.3, 0.4) is 0 Å². The molecular formula is C7H3BrClFS. The molecular weight excluding hydrogens is 250 g/mol. The van der Waals surface area contributed by atoms with Gasteiger partial charge in [0.25, 0.3) is 0 Å². The molecule has 4 heteroatoms. The Morgan fingerprint density at radius 2 is 2.18 bits per heavy atom. The quantitative estimate of drug-likeness (QED) is 0.545. The van der Waals surface area contributed by atoms with Crippen molar-refractivity contribution < 1.29 is 4.39 Å². The lowest BCUT2D eigenvalue weighted by Gasteiger charge is -2.00. The molecule has 0 spiro atoms. The first kappa shape index (κ1) is 9.10. The van der Waals surface area contributed by atoms with Crippen LogP contribution in [0.1, 0.15) is 5.56 Å². The van der Waals surface area contributed by atoms with Gasteiger partial charge in [0, 0.05) is 4.47 Å². The van der Waals surface area contributed by atoms with E-state index in [1.807, 2.05) is 0 Å². The molecule has 0 N–H and O–H groups in total. The fourth-order valence-electron chi connectivity index (χ4n) is 0.686. The van der Waals surface area contributed by atoms with Gasteiger partial charge in [-0.3, -0.25) is 0 Å². The standard InChI is InChI=1S/C7H3BrClFS/c8-4-2-1-3-5(10)6(4)7(9)11/h1-3H. The molecule has 0 radical (unpaired) electrons. The SMILES string of the molecule is Fc1cccc(Br)c1C(=S)Cl. The van der Waals surface area contributed by atoms with Crippen molar-refractivity contribution in [1.82, 2.24) is 0 Å². The molecule has 0 nitrogen and oxygen atoms in total. The molecule has 0 heterocycles. The third kappa shape index (κ3) is 1.98. The minimum absolute atomic E-state index is 0.0370. The monoisotopic (exact) mass is 252 g/mol. The summed E-state index contributed by atoms with van der Waals surface area (Å²) in [7, 11) is 0. The Labute approximate surface area is 82.5 Å². The van der Waals surface area contributed by atoms with Crippen molar-refractivity contribution in [2.45, 2.75) is 0 Å². The summed E-state index contributed by atoms with van der Waals surface area (Å²) in [5.74, 6) is -0.403. The van der Waals surface area contributed by atoms with E-state index in [9.17, 15) is 4.39 Å². The lowest BCUT2D eigenvalue weighted by atomic mass is 10.2. The first-order valence-corrected chi connectivity index (χ1v) is 4.34. The Balaban J connectivity index is 3.32. The highest BCUT2D eigenvalue weighted by atomic mass is 79.9. The summed E-state index contributed by atoms with van der Waals surface area (Å²) in [5, 5.41) is 0. The summed E-state index contributed by atoms with van der Waals surface area (Å²) in [5.41, 5.74) is 0.254. The van der Waals surface area contributed by atoms with Crippen LogP contribution >= 0.6 is 39.7 Å². The van der Waals surface area contributed by atoms with E-state index in [2.05, 4.69) is 28.1 Å². The highest BCUT2D eigenvalue weighted by Gasteiger charge is 2.08. The van der Waals surface area contributed by atoms with Gasteiger partial charge in [-0.1, -0.05) is 29.9 Å². The van der Waals surface area contributed by atoms with Crippen LogP contribution in [0, 0.1) is 5.82 Å². The van der Waals surface area contributed by atoms with Gasteiger partial charge in [0.05, 0.1) is 5.56 Å². The van der Waals surface area contributed by atoms with Crippen LogP contribution in [-0.2, 0) is 0 Å². The Kier molecular flexibility index (Phi) is 2.98. The van der Waals surface area contributed by atoms with Gasteiger partial charge in [0.2, 0.25) is 0 Å². The maximum atomic E-state index is 12.9. The zero-order chi connectivity index (χ0) is 8.43. The number of rotatable bonds is 1. The Bertz CT molecular complexity index is 280. The van der Waals surface area contributed by atoms with Crippen LogP contribution in [0.4, 0.5) is 4.39 Å². The Morgan fingerprint density at radius 3 is 2.55 bits per heavy atom. The highest BCUT2D eigenvalue weighted by molar-refractivity contribution is 9.10. The average Bonchev–Trinajstić information content (AvgIpc) is 1.85. The van der Waals surface area contributed by atoms with Crippen LogP contribution in [0.15, 0.2) is 22.7 Å². The van der Waals surface area contributed by atoms with E-state index >= 15 is 0 Å². The van der Waals surface area contributed by atoms with Crippen molar-refractivity contribution in [3.63, 3.8) is 0 Å². The van der Waals surface area contributed by atoms with Gasteiger partial charge < -0.3 is 0 Å². The topological polar surface area (TPSA) is 0 Å². The predicted molar refractivity (Wildman–Crippen MR) is 51.7 cm³/mol. The molecule has 11 heavy (non-hydrogen) atoms. The molecule has 0 atom stereocenters. The minimum Gasteiger partial charge on any atom is -0.206 e. The summed E-state index contributed by atoms with van der Waals surface area (Å²) in [4.78, 5) is 0. The molecule has 0 unspecified atom stereocenters. The van der Waals surface area contributed by atoms with E-state index in [1.165, 1.54) is 6.07 Å². The molecule has 0 bridgehead atoms. The Morgan fingerprint density at radius 1 is 1.55 bits per heavy atom. The fourth-order valence-corrected chi connectivity index (χ4v) is 1.87. The van der Waals surface area contributed by atoms with Gasteiger partial charge in [0.15, 0.2) is 0 Å². The molecule has 0 saturated carbocycles. The molecule has 0 fully saturated rings. The van der Waals surface area contributed by atoms with E-state index in [4.69, 9.17) is 11.6 Å². The molecule has 0 saturated heterocycles. The van der Waals surface area contributed by atoms with Gasteiger partial charge in [-0.25, -0.2) is 4.39 Å². The van der Waals surface area contributed by atoms with Crippen LogP contribution in [0.25, 0.3) is 0 Å². The summed E-state index contributed by atoms with van der Waals surface area (Å²) in [6, 6.07) is 4.58. The molecule has 1 rings (SSSR count). The molecule has 0 aliphatic heterocycles. The van der Waals surface area contributed by atoms with E-state index in [0.29, 0.717) is 4.47 Å². The van der Waals surface area contributed by atoms with E-state index in [-0.39, 0.29) is 9.89 Å². The Hall–Kier alpha value is 0.01000. The number of thiocarbonyl (C=S) groups is 1. The van der Waals surface area contributed by atoms with Gasteiger partial charge in [0.1, 0.15) is 10.1 Å². The average molecular weight is 254 g/mol. The largest absolute Gasteiger partial charge is 0.206 e. The molecule has 58 valence electrons. The normalized spacial score (nSPS) is 9.73. The highest BCUT2D eigenvalue weighted by Crippen LogP contribution is 2.21. The first-order valence-electron chi connectivity index (χ1n) is 2.77. The van der Waals surface area contributed by atoms with Crippen molar-refractivity contribution in [2.75, 3.05) is 0 Å². The number of hydrogen-bond donors (Lipinski definition) is 0. The van der Waals surface area contributed by atoms with Crippen molar-refractivity contribution in [2.24, 2.45) is 0 Å². The zero-order valence-corrected chi connectivity index (χ0v) is 8.43. The zero-order valence-electron chi connectivity index (χ0n) is 5.27. The molecule has 1 aromatic rings. The van der Waals surface area contributed by atoms with Gasteiger partial charge in [-0.05, 0) is 28.1 Å². The van der Waals surface area contributed by atoms with Crippen LogP contribution in [-0.4, -0.2) is 4.32 Å². The smallest absolute Gasteiger partial charge is 0.133 e. The third-order valence-electron chi connectivity index (χ3n) is 1.16. The molecule has 0 aromatic heterocycles. The molecule has 0 amide bonds. The second kappa shape index (κ2) is 3.61. The summed E-state index contributed by atoms with van der Waals surface area (Å²) in [6.07, 6.45) is 0. The number of halogens is 3. The van der Waals surface area contributed by atoms with E-state index < -0.39 is 5.82 Å². The van der Waals surface area contributed by atoms with Crippen LogP contribution in [0.5, 0.6) is 0 Å². The predicted octanol–water partition coefficient (Wildman–Crippen LogP) is 3.50. The van der Waals surface area contributed by atoms with E-state index in [1.54, 1.807) is 12.1 Å². The van der Waals surface area contributed by atoms with Crippen LogP contribution < -0.4 is 0 Å². The van der Waals surface area contributed by atoms with Crippen LogP contribution in [0.2, 0.25) is 0 Å². The second-order valence-electron chi connectivity index (χ2n) is 1.87. The number of benzene rings is 1. The molecule has 0 aliphatic carbocycles. The van der Waals surface area contributed by atoms with Gasteiger partial charge in [-0.2, -0.15) is 0 Å². The van der Waals surface area contributed by atoms with Crippen molar-refractivity contribution in [1.29, 1.82) is 0 Å². The summed E-state index contributed by atoms with van der Waals surface area (Å²) in [6.45, 7) is 0. The third-order valence-corrected chi connectivity index (χ3v) is 2.21. The molecule has 1 aromatic carbocycles. The van der Waals surface area contributed by atoms with Crippen molar-refractivity contribution in [3.05, 3.63) is 34.1 Å². The van der Waals surface area contributed by atoms with Gasteiger partial charge >= 0.3 is 0 Å². The lowest BCUT2D eigenvalue weighted by Crippen LogP contribution is -1.93. The lowest BCUT2D eigenvalue weighted by molar-refractivity contribution is 0.625. The molecule has 0 aliphatic rings. The van der Waals surface area contributed by atoms with Gasteiger partial charge in [-0.15, -0.1) is 0 Å². The summed E-state index contributed by atoms with van der Waals surface area (Å²) < 4.78 is 13.5. The fraction of sp³-hybridized carbons (Fsp3) is 0. The maximum absolute atomic E-state index is 12.9. The summed E-state index contributed by atoms with van der Waals surface area (Å²) >= 11 is 13.2. The van der Waals surface area contributed by atoms with Crippen molar-refractivity contribution >= 4 is 44.1 Å². The van der Waals surface area contributed by atoms with Crippen molar-refractivity contribution in [3.8, 4) is 0 Å². The second-order valence-corrected chi connectivity index (χ2v) is 3.74. The van der Waals surface area contributed by atoms with E-state index in [0.717, 1.165) is 0 Å². The maximum Gasteiger partial charge on any atom is 0.133 e. The minimum atomic E-state index is -0.403. The first-order chi connectivity index (χ1) is 5.13.